The van der Waals surface area contributed by atoms with Crippen molar-refractivity contribution in [2.24, 2.45) is 0 Å². The summed E-state index contributed by atoms with van der Waals surface area (Å²) in [6.07, 6.45) is -2.52. The minimum atomic E-state index is -4.55. The zero-order valence-corrected chi connectivity index (χ0v) is 7.13. The minimum Gasteiger partial charge on any atom is -0.276 e. The third-order valence-electron chi connectivity index (χ3n) is 1.51. The van der Waals surface area contributed by atoms with E-state index in [0.717, 1.165) is 0 Å². The lowest BCUT2D eigenvalue weighted by atomic mass is 10.2. The standard InChI is InChI=1S/C8H3F3N4/c9-8(10,11)6-1-5(2-12)7(14-3-6)15-4-13/h1,3H,(H,14,15). The molecule has 7 heteroatoms. The highest BCUT2D eigenvalue weighted by molar-refractivity contribution is 5.54. The smallest absolute Gasteiger partial charge is 0.276 e. The van der Waals surface area contributed by atoms with Crippen LogP contribution in [0.3, 0.4) is 0 Å². The van der Waals surface area contributed by atoms with Crippen molar-refractivity contribution < 1.29 is 13.2 Å². The first-order valence-electron chi connectivity index (χ1n) is 3.61. The van der Waals surface area contributed by atoms with Crippen LogP contribution < -0.4 is 5.32 Å². The van der Waals surface area contributed by atoms with Crippen molar-refractivity contribution >= 4 is 5.82 Å². The number of pyridine rings is 1. The Morgan fingerprint density at radius 2 is 2.00 bits per heavy atom. The van der Waals surface area contributed by atoms with E-state index in [-0.39, 0.29) is 11.4 Å². The molecule has 0 aliphatic rings. The Kier molecular flexibility index (Phi) is 2.77. The fraction of sp³-hybridized carbons (Fsp3) is 0.125. The van der Waals surface area contributed by atoms with Crippen LogP contribution >= 0.6 is 0 Å². The molecule has 0 saturated carbocycles. The first-order valence-corrected chi connectivity index (χ1v) is 3.61. The average molecular weight is 212 g/mol. The summed E-state index contributed by atoms with van der Waals surface area (Å²) in [7, 11) is 0. The predicted octanol–water partition coefficient (Wildman–Crippen LogP) is 1.87. The fourth-order valence-corrected chi connectivity index (χ4v) is 0.858. The van der Waals surface area contributed by atoms with Gasteiger partial charge in [0.15, 0.2) is 12.0 Å². The Bertz CT molecular complexity index is 452. The summed E-state index contributed by atoms with van der Waals surface area (Å²) in [6.45, 7) is 0. The topological polar surface area (TPSA) is 72.5 Å². The molecule has 0 aliphatic heterocycles. The number of nitrogens with one attached hydrogen (secondary N) is 1. The number of hydrogen-bond donors (Lipinski definition) is 1. The lowest BCUT2D eigenvalue weighted by molar-refractivity contribution is -0.137. The molecular formula is C8H3F3N4. The van der Waals surface area contributed by atoms with Gasteiger partial charge in [0.25, 0.3) is 0 Å². The Hall–Kier alpha value is -2.28. The van der Waals surface area contributed by atoms with Crippen molar-refractivity contribution in [1.29, 1.82) is 10.5 Å². The number of aromatic nitrogens is 1. The van der Waals surface area contributed by atoms with Crippen molar-refractivity contribution in [1.82, 2.24) is 4.98 Å². The maximum atomic E-state index is 12.2. The second-order valence-corrected chi connectivity index (χ2v) is 2.47. The number of hydrogen-bond acceptors (Lipinski definition) is 4. The van der Waals surface area contributed by atoms with Gasteiger partial charge in [-0.05, 0) is 6.07 Å². The van der Waals surface area contributed by atoms with E-state index in [0.29, 0.717) is 12.3 Å². The van der Waals surface area contributed by atoms with Crippen LogP contribution in [0, 0.1) is 22.8 Å². The number of halogens is 3. The summed E-state index contributed by atoms with van der Waals surface area (Å²) in [5, 5.41) is 18.8. The molecule has 15 heavy (non-hydrogen) atoms. The second-order valence-electron chi connectivity index (χ2n) is 2.47. The Morgan fingerprint density at radius 3 is 2.47 bits per heavy atom. The van der Waals surface area contributed by atoms with Crippen molar-refractivity contribution in [2.45, 2.75) is 6.18 Å². The van der Waals surface area contributed by atoms with Crippen LogP contribution in [-0.2, 0) is 6.18 Å². The third-order valence-corrected chi connectivity index (χ3v) is 1.51. The van der Waals surface area contributed by atoms with Crippen molar-refractivity contribution in [3.8, 4) is 12.3 Å². The molecule has 0 fully saturated rings. The third kappa shape index (κ3) is 2.35. The zero-order valence-electron chi connectivity index (χ0n) is 7.13. The highest BCUT2D eigenvalue weighted by Gasteiger charge is 2.31. The molecule has 0 aromatic carbocycles. The zero-order chi connectivity index (χ0) is 11.5. The van der Waals surface area contributed by atoms with Gasteiger partial charge in [-0.3, -0.25) is 5.32 Å². The molecule has 0 amide bonds. The fourth-order valence-electron chi connectivity index (χ4n) is 0.858. The normalized spacial score (nSPS) is 10.2. The van der Waals surface area contributed by atoms with Gasteiger partial charge in [0.1, 0.15) is 6.07 Å². The number of nitrogens with zero attached hydrogens (tertiary/aromatic N) is 3. The highest BCUT2D eigenvalue weighted by atomic mass is 19.4. The van der Waals surface area contributed by atoms with E-state index in [2.05, 4.69) is 4.98 Å². The maximum Gasteiger partial charge on any atom is 0.417 e. The monoisotopic (exact) mass is 212 g/mol. The van der Waals surface area contributed by atoms with Crippen LogP contribution in [0.5, 0.6) is 0 Å². The number of anilines is 1. The van der Waals surface area contributed by atoms with Gasteiger partial charge >= 0.3 is 6.18 Å². The number of rotatable bonds is 1. The van der Waals surface area contributed by atoms with E-state index in [1.54, 1.807) is 0 Å². The van der Waals surface area contributed by atoms with Crippen molar-refractivity contribution in [3.05, 3.63) is 23.4 Å². The van der Waals surface area contributed by atoms with Gasteiger partial charge in [0.05, 0.1) is 11.1 Å². The summed E-state index contributed by atoms with van der Waals surface area (Å²) in [5.74, 6) is -0.187. The van der Waals surface area contributed by atoms with Gasteiger partial charge in [0, 0.05) is 6.20 Å². The number of alkyl halides is 3. The van der Waals surface area contributed by atoms with Gasteiger partial charge in [-0.2, -0.15) is 23.7 Å². The van der Waals surface area contributed by atoms with Crippen LogP contribution in [-0.4, -0.2) is 4.98 Å². The first kappa shape index (κ1) is 10.8. The summed E-state index contributed by atoms with van der Waals surface area (Å²) in [6, 6.07) is 2.15. The summed E-state index contributed by atoms with van der Waals surface area (Å²) in [4.78, 5) is 3.33. The predicted molar refractivity (Wildman–Crippen MR) is 43.2 cm³/mol. The molecule has 4 nitrogen and oxygen atoms in total. The Morgan fingerprint density at radius 1 is 1.33 bits per heavy atom. The Balaban J connectivity index is 3.22. The molecule has 0 spiro atoms. The van der Waals surface area contributed by atoms with E-state index < -0.39 is 11.7 Å². The van der Waals surface area contributed by atoms with Crippen LogP contribution in [0.15, 0.2) is 12.3 Å². The first-order chi connectivity index (χ1) is 6.99. The van der Waals surface area contributed by atoms with Crippen LogP contribution in [0.4, 0.5) is 19.0 Å². The van der Waals surface area contributed by atoms with Gasteiger partial charge < -0.3 is 0 Å². The molecule has 0 bridgehead atoms. The molecule has 1 rings (SSSR count). The largest absolute Gasteiger partial charge is 0.417 e. The Labute approximate surface area is 82.6 Å². The van der Waals surface area contributed by atoms with Gasteiger partial charge in [-0.1, -0.05) is 0 Å². The lowest BCUT2D eigenvalue weighted by Crippen LogP contribution is -2.07. The summed E-state index contributed by atoms with van der Waals surface area (Å²) < 4.78 is 36.6. The molecule has 0 atom stereocenters. The van der Waals surface area contributed by atoms with Crippen LogP contribution in [0.25, 0.3) is 0 Å². The summed E-state index contributed by atoms with van der Waals surface area (Å²) >= 11 is 0. The molecule has 0 aliphatic carbocycles. The van der Waals surface area contributed by atoms with Crippen molar-refractivity contribution in [3.63, 3.8) is 0 Å². The maximum absolute atomic E-state index is 12.2. The van der Waals surface area contributed by atoms with Crippen molar-refractivity contribution in [2.75, 3.05) is 5.32 Å². The highest BCUT2D eigenvalue weighted by Crippen LogP contribution is 2.30. The minimum absolute atomic E-state index is 0.187. The van der Waals surface area contributed by atoms with Gasteiger partial charge in [-0.15, -0.1) is 0 Å². The molecule has 76 valence electrons. The molecule has 1 heterocycles. The summed E-state index contributed by atoms with van der Waals surface area (Å²) in [5.41, 5.74) is -1.35. The van der Waals surface area contributed by atoms with Crippen LogP contribution in [0.1, 0.15) is 11.1 Å². The quantitative estimate of drug-likeness (QED) is 0.569. The molecule has 0 unspecified atom stereocenters. The van der Waals surface area contributed by atoms with Gasteiger partial charge in [0.2, 0.25) is 0 Å². The molecule has 1 aromatic rings. The van der Waals surface area contributed by atoms with Gasteiger partial charge in [-0.25, -0.2) is 4.98 Å². The van der Waals surface area contributed by atoms with E-state index in [1.165, 1.54) is 12.3 Å². The lowest BCUT2D eigenvalue weighted by Gasteiger charge is -2.07. The molecule has 1 N–H and O–H groups in total. The molecule has 0 radical (unpaired) electrons. The van der Waals surface area contributed by atoms with E-state index >= 15 is 0 Å². The molecular weight excluding hydrogens is 209 g/mol. The van der Waals surface area contributed by atoms with E-state index in [9.17, 15) is 13.2 Å². The molecule has 1 aromatic heterocycles. The molecule has 0 saturated heterocycles. The van der Waals surface area contributed by atoms with E-state index in [4.69, 9.17) is 10.5 Å². The second kappa shape index (κ2) is 3.84. The van der Waals surface area contributed by atoms with E-state index in [1.807, 2.05) is 5.32 Å². The SMILES string of the molecule is N#CNc1ncc(C(F)(F)F)cc1C#N. The van der Waals surface area contributed by atoms with Crippen LogP contribution in [0.2, 0.25) is 0 Å². The number of nitriles is 2. The average Bonchev–Trinajstić information content (AvgIpc) is 2.17.